The van der Waals surface area contributed by atoms with Crippen LogP contribution in [0.2, 0.25) is 0 Å². The number of aromatic nitrogens is 3. The Labute approximate surface area is 185 Å². The molecule has 0 bridgehead atoms. The molecule has 0 spiro atoms. The standard InChI is InChI=1S/C23H17F4N5O/c1-28-22(33)19-8-2-13(12-24)20(31-19)18-9-7-16-17(10-11-29-21(16)32-18)30-15-5-3-14(4-6-15)23(25,26)27/h2-11H,12H2,1H3,(H,28,33)(H,29,30,32). The van der Waals surface area contributed by atoms with Gasteiger partial charge in [-0.05, 0) is 48.5 Å². The number of hydrogen-bond donors (Lipinski definition) is 2. The normalized spacial score (nSPS) is 11.4. The molecule has 3 aromatic heterocycles. The molecule has 0 unspecified atom stereocenters. The molecular weight excluding hydrogens is 438 g/mol. The Hall–Kier alpha value is -4.08. The molecule has 0 aliphatic rings. The number of nitrogens with one attached hydrogen (secondary N) is 2. The zero-order chi connectivity index (χ0) is 23.6. The lowest BCUT2D eigenvalue weighted by Gasteiger charge is -2.12. The average Bonchev–Trinajstić information content (AvgIpc) is 2.82. The number of alkyl halides is 4. The highest BCUT2D eigenvalue weighted by atomic mass is 19.4. The summed E-state index contributed by atoms with van der Waals surface area (Å²) in [6.45, 7) is -0.793. The summed E-state index contributed by atoms with van der Waals surface area (Å²) < 4.78 is 51.9. The molecule has 2 N–H and O–H groups in total. The minimum Gasteiger partial charge on any atom is -0.355 e. The number of benzene rings is 1. The Balaban J connectivity index is 1.70. The van der Waals surface area contributed by atoms with Gasteiger partial charge >= 0.3 is 6.18 Å². The fourth-order valence-electron chi connectivity index (χ4n) is 3.24. The molecular formula is C23H17F4N5O. The first-order valence-corrected chi connectivity index (χ1v) is 9.78. The SMILES string of the molecule is CNC(=O)c1ccc(CF)c(-c2ccc3c(Nc4ccc(C(F)(F)F)cc4)ccnc3n2)n1. The van der Waals surface area contributed by atoms with E-state index in [0.717, 1.165) is 12.1 Å². The van der Waals surface area contributed by atoms with Crippen molar-refractivity contribution in [2.45, 2.75) is 12.9 Å². The quantitative estimate of drug-likeness (QED) is 0.400. The van der Waals surface area contributed by atoms with Crippen molar-refractivity contribution in [3.8, 4) is 11.4 Å². The molecule has 0 radical (unpaired) electrons. The van der Waals surface area contributed by atoms with Gasteiger partial charge in [0.15, 0.2) is 5.65 Å². The summed E-state index contributed by atoms with van der Waals surface area (Å²) >= 11 is 0. The minimum absolute atomic E-state index is 0.122. The van der Waals surface area contributed by atoms with Crippen molar-refractivity contribution >= 4 is 28.3 Å². The summed E-state index contributed by atoms with van der Waals surface area (Å²) in [6.07, 6.45) is -2.92. The molecule has 3 heterocycles. The van der Waals surface area contributed by atoms with E-state index in [-0.39, 0.29) is 17.0 Å². The van der Waals surface area contributed by atoms with E-state index in [1.54, 1.807) is 18.2 Å². The van der Waals surface area contributed by atoms with Gasteiger partial charge in [0.2, 0.25) is 0 Å². The van der Waals surface area contributed by atoms with Crippen LogP contribution in [-0.4, -0.2) is 27.9 Å². The van der Waals surface area contributed by atoms with Crippen molar-refractivity contribution < 1.29 is 22.4 Å². The Morgan fingerprint density at radius 2 is 1.73 bits per heavy atom. The van der Waals surface area contributed by atoms with Crippen LogP contribution in [-0.2, 0) is 12.9 Å². The van der Waals surface area contributed by atoms with Crippen molar-refractivity contribution in [1.29, 1.82) is 0 Å². The molecule has 0 saturated heterocycles. The van der Waals surface area contributed by atoms with Crippen LogP contribution in [0.15, 0.2) is 60.8 Å². The molecule has 6 nitrogen and oxygen atoms in total. The number of pyridine rings is 3. The number of nitrogens with zero attached hydrogens (tertiary/aromatic N) is 3. The molecule has 10 heteroatoms. The zero-order valence-electron chi connectivity index (χ0n) is 17.2. The van der Waals surface area contributed by atoms with Gasteiger partial charge < -0.3 is 10.6 Å². The van der Waals surface area contributed by atoms with Crippen molar-refractivity contribution in [3.63, 3.8) is 0 Å². The zero-order valence-corrected chi connectivity index (χ0v) is 17.2. The summed E-state index contributed by atoms with van der Waals surface area (Å²) in [4.78, 5) is 24.9. The number of rotatable bonds is 5. The van der Waals surface area contributed by atoms with E-state index in [1.807, 2.05) is 0 Å². The smallest absolute Gasteiger partial charge is 0.355 e. The Kier molecular flexibility index (Phi) is 5.91. The molecule has 0 aliphatic carbocycles. The third kappa shape index (κ3) is 4.59. The highest BCUT2D eigenvalue weighted by molar-refractivity contribution is 5.94. The maximum Gasteiger partial charge on any atom is 0.416 e. The van der Waals surface area contributed by atoms with Crippen LogP contribution in [0.1, 0.15) is 21.6 Å². The predicted octanol–water partition coefficient (Wildman–Crippen LogP) is 5.28. The fraction of sp³-hybridized carbons (Fsp3) is 0.130. The highest BCUT2D eigenvalue weighted by Crippen LogP contribution is 2.32. The second-order valence-electron chi connectivity index (χ2n) is 7.04. The second-order valence-corrected chi connectivity index (χ2v) is 7.04. The molecule has 0 aliphatic heterocycles. The number of anilines is 2. The largest absolute Gasteiger partial charge is 0.416 e. The van der Waals surface area contributed by atoms with Crippen LogP contribution in [0.5, 0.6) is 0 Å². The third-order valence-electron chi connectivity index (χ3n) is 4.92. The van der Waals surface area contributed by atoms with E-state index in [1.165, 1.54) is 37.5 Å². The van der Waals surface area contributed by atoms with E-state index in [9.17, 15) is 22.4 Å². The van der Waals surface area contributed by atoms with Gasteiger partial charge in [-0.15, -0.1) is 0 Å². The number of fused-ring (bicyclic) bond motifs is 1. The lowest BCUT2D eigenvalue weighted by molar-refractivity contribution is -0.137. The van der Waals surface area contributed by atoms with E-state index in [2.05, 4.69) is 25.6 Å². The van der Waals surface area contributed by atoms with E-state index >= 15 is 0 Å². The summed E-state index contributed by atoms with van der Waals surface area (Å²) in [7, 11) is 1.47. The van der Waals surface area contributed by atoms with Crippen LogP contribution in [0, 0.1) is 0 Å². The molecule has 1 aromatic carbocycles. The maximum atomic E-state index is 13.5. The molecule has 0 fully saturated rings. The second kappa shape index (κ2) is 8.81. The summed E-state index contributed by atoms with van der Waals surface area (Å²) in [5.41, 5.74) is 1.57. The fourth-order valence-corrected chi connectivity index (χ4v) is 3.24. The van der Waals surface area contributed by atoms with E-state index < -0.39 is 24.3 Å². The van der Waals surface area contributed by atoms with Crippen molar-refractivity contribution in [2.75, 3.05) is 12.4 Å². The Bertz CT molecular complexity index is 1320. The van der Waals surface area contributed by atoms with E-state index in [4.69, 9.17) is 0 Å². The lowest BCUT2D eigenvalue weighted by atomic mass is 10.1. The topological polar surface area (TPSA) is 79.8 Å². The molecule has 33 heavy (non-hydrogen) atoms. The van der Waals surface area contributed by atoms with Gasteiger partial charge in [0.05, 0.1) is 22.6 Å². The third-order valence-corrected chi connectivity index (χ3v) is 4.92. The molecule has 168 valence electrons. The number of carbonyl (C=O) groups excluding carboxylic acids is 1. The monoisotopic (exact) mass is 455 g/mol. The van der Waals surface area contributed by atoms with Gasteiger partial charge in [0.25, 0.3) is 5.91 Å². The number of halogens is 4. The predicted molar refractivity (Wildman–Crippen MR) is 116 cm³/mol. The van der Waals surface area contributed by atoms with Gasteiger partial charge in [-0.3, -0.25) is 4.79 Å². The van der Waals surface area contributed by atoms with Crippen LogP contribution in [0.3, 0.4) is 0 Å². The first-order chi connectivity index (χ1) is 15.8. The molecule has 4 rings (SSSR count). The van der Waals surface area contributed by atoms with Crippen LogP contribution in [0.4, 0.5) is 28.9 Å². The summed E-state index contributed by atoms with van der Waals surface area (Å²) in [5, 5.41) is 6.14. The van der Waals surface area contributed by atoms with Crippen molar-refractivity contribution in [2.24, 2.45) is 0 Å². The van der Waals surface area contributed by atoms with Gasteiger partial charge in [-0.2, -0.15) is 13.2 Å². The Morgan fingerprint density at radius 3 is 2.39 bits per heavy atom. The van der Waals surface area contributed by atoms with Crippen LogP contribution < -0.4 is 10.6 Å². The summed E-state index contributed by atoms with van der Waals surface area (Å²) in [6, 6.07) is 12.6. The number of carbonyl (C=O) groups is 1. The highest BCUT2D eigenvalue weighted by Gasteiger charge is 2.30. The maximum absolute atomic E-state index is 13.5. The minimum atomic E-state index is -4.41. The van der Waals surface area contributed by atoms with Crippen LogP contribution >= 0.6 is 0 Å². The molecule has 4 aromatic rings. The number of amides is 1. The van der Waals surface area contributed by atoms with Gasteiger partial charge in [-0.25, -0.2) is 19.3 Å². The Morgan fingerprint density at radius 1 is 0.970 bits per heavy atom. The lowest BCUT2D eigenvalue weighted by Crippen LogP contribution is -2.19. The molecule has 0 atom stereocenters. The van der Waals surface area contributed by atoms with E-state index in [0.29, 0.717) is 28.1 Å². The van der Waals surface area contributed by atoms with Gasteiger partial charge in [0.1, 0.15) is 12.4 Å². The van der Waals surface area contributed by atoms with Crippen LogP contribution in [0.25, 0.3) is 22.4 Å². The summed E-state index contributed by atoms with van der Waals surface area (Å²) in [5.74, 6) is -0.413. The van der Waals surface area contributed by atoms with Crippen molar-refractivity contribution in [3.05, 3.63) is 77.6 Å². The first kappa shape index (κ1) is 22.1. The van der Waals surface area contributed by atoms with Gasteiger partial charge in [0, 0.05) is 29.9 Å². The van der Waals surface area contributed by atoms with Crippen molar-refractivity contribution in [1.82, 2.24) is 20.3 Å². The van der Waals surface area contributed by atoms with Gasteiger partial charge in [-0.1, -0.05) is 6.07 Å². The average molecular weight is 455 g/mol. The first-order valence-electron chi connectivity index (χ1n) is 9.78. The molecule has 1 amide bonds. The molecule has 0 saturated carbocycles. The number of hydrogen-bond acceptors (Lipinski definition) is 5.